The van der Waals surface area contributed by atoms with Gasteiger partial charge in [-0.3, -0.25) is 10.1 Å². The molecule has 0 atom stereocenters. The Labute approximate surface area is 161 Å². The summed E-state index contributed by atoms with van der Waals surface area (Å²) in [5.41, 5.74) is -0.0907. The summed E-state index contributed by atoms with van der Waals surface area (Å²) in [5, 5.41) is 5.31. The molecule has 0 saturated carbocycles. The van der Waals surface area contributed by atoms with Crippen LogP contribution in [0.5, 0.6) is 0 Å². The highest BCUT2D eigenvalue weighted by Crippen LogP contribution is 2.30. The average molecular weight is 393 g/mol. The van der Waals surface area contributed by atoms with Crippen LogP contribution in [0.25, 0.3) is 0 Å². The third-order valence-corrected chi connectivity index (χ3v) is 3.55. The van der Waals surface area contributed by atoms with E-state index in [0.29, 0.717) is 11.4 Å². The number of nitrogens with one attached hydrogen (secondary N) is 2. The molecule has 0 bridgehead atoms. The van der Waals surface area contributed by atoms with Crippen LogP contribution < -0.4 is 10.6 Å². The van der Waals surface area contributed by atoms with Gasteiger partial charge in [0, 0.05) is 22.5 Å². The Morgan fingerprint density at radius 1 is 1.04 bits per heavy atom. The summed E-state index contributed by atoms with van der Waals surface area (Å²) in [7, 11) is 0. The van der Waals surface area contributed by atoms with E-state index in [1.807, 2.05) is 0 Å². The lowest BCUT2D eigenvalue weighted by atomic mass is 9.96. The number of guanidine groups is 1. The summed E-state index contributed by atoms with van der Waals surface area (Å²) < 4.78 is 38.9. The van der Waals surface area contributed by atoms with Gasteiger partial charge in [0.05, 0.1) is 5.56 Å². The SMILES string of the molecule is Cc1cc(C)nc(N=C(NC(=O)C(C)(C)C)Nc2cccc(C(F)(F)F)c2)n1. The van der Waals surface area contributed by atoms with E-state index in [0.717, 1.165) is 12.1 Å². The first-order valence-corrected chi connectivity index (χ1v) is 8.51. The highest BCUT2D eigenvalue weighted by atomic mass is 19.4. The van der Waals surface area contributed by atoms with Crippen LogP contribution in [-0.2, 0) is 11.0 Å². The molecule has 1 amide bonds. The second-order valence-corrected chi connectivity index (χ2v) is 7.32. The number of carbonyl (C=O) groups excluding carboxylic acids is 1. The summed E-state index contributed by atoms with van der Waals surface area (Å²) in [6, 6.07) is 6.36. The normalized spacial score (nSPS) is 12.6. The Hall–Kier alpha value is -2.97. The summed E-state index contributed by atoms with van der Waals surface area (Å²) in [6.45, 7) is 8.65. The van der Waals surface area contributed by atoms with Gasteiger partial charge in [0.15, 0.2) is 0 Å². The molecule has 1 aromatic heterocycles. The predicted molar refractivity (Wildman–Crippen MR) is 101 cm³/mol. The Balaban J connectivity index is 2.41. The molecule has 2 N–H and O–H groups in total. The van der Waals surface area contributed by atoms with Gasteiger partial charge in [0.1, 0.15) is 0 Å². The van der Waals surface area contributed by atoms with Crippen LogP contribution in [0.3, 0.4) is 0 Å². The lowest BCUT2D eigenvalue weighted by Crippen LogP contribution is -2.42. The molecule has 9 heteroatoms. The number of hydrogen-bond acceptors (Lipinski definition) is 4. The average Bonchev–Trinajstić information content (AvgIpc) is 2.52. The number of halogens is 3. The molecule has 0 radical (unpaired) electrons. The maximum absolute atomic E-state index is 13.0. The van der Waals surface area contributed by atoms with Gasteiger partial charge in [-0.05, 0) is 38.1 Å². The monoisotopic (exact) mass is 393 g/mol. The van der Waals surface area contributed by atoms with Crippen molar-refractivity contribution in [3.05, 3.63) is 47.3 Å². The van der Waals surface area contributed by atoms with Crippen LogP contribution in [-0.4, -0.2) is 21.8 Å². The fourth-order valence-electron chi connectivity index (χ4n) is 2.15. The Morgan fingerprint density at radius 2 is 1.64 bits per heavy atom. The van der Waals surface area contributed by atoms with E-state index < -0.39 is 17.2 Å². The number of aryl methyl sites for hydroxylation is 2. The smallest absolute Gasteiger partial charge is 0.326 e. The molecule has 2 rings (SSSR count). The fraction of sp³-hybridized carbons (Fsp3) is 0.368. The second-order valence-electron chi connectivity index (χ2n) is 7.32. The van der Waals surface area contributed by atoms with Crippen molar-refractivity contribution in [2.24, 2.45) is 10.4 Å². The lowest BCUT2D eigenvalue weighted by Gasteiger charge is -2.19. The number of carbonyl (C=O) groups is 1. The van der Waals surface area contributed by atoms with Gasteiger partial charge in [-0.25, -0.2) is 9.97 Å². The van der Waals surface area contributed by atoms with E-state index in [4.69, 9.17) is 0 Å². The van der Waals surface area contributed by atoms with Gasteiger partial charge in [0.2, 0.25) is 11.9 Å². The molecule has 0 unspecified atom stereocenters. The number of anilines is 1. The summed E-state index contributed by atoms with van der Waals surface area (Å²) in [5.74, 6) is -0.347. The standard InChI is InChI=1S/C19H22F3N5O/c1-11-9-12(2)24-16(23-11)27-17(26-15(28)18(3,4)5)25-14-8-6-7-13(10-14)19(20,21)22/h6-10H,1-5H3,(H2,23,24,25,26,27,28). The molecule has 1 aromatic carbocycles. The minimum Gasteiger partial charge on any atom is -0.326 e. The van der Waals surface area contributed by atoms with Gasteiger partial charge in [0.25, 0.3) is 5.95 Å². The quantitative estimate of drug-likeness (QED) is 0.586. The summed E-state index contributed by atoms with van der Waals surface area (Å²) >= 11 is 0. The van der Waals surface area contributed by atoms with Crippen molar-refractivity contribution in [2.75, 3.05) is 5.32 Å². The molecule has 0 aliphatic rings. The van der Waals surface area contributed by atoms with E-state index in [1.165, 1.54) is 12.1 Å². The zero-order valence-corrected chi connectivity index (χ0v) is 16.3. The topological polar surface area (TPSA) is 79.3 Å². The highest BCUT2D eigenvalue weighted by Gasteiger charge is 2.30. The molecular formula is C19H22F3N5O. The minimum atomic E-state index is -4.49. The van der Waals surface area contributed by atoms with Crippen molar-refractivity contribution < 1.29 is 18.0 Å². The molecule has 2 aromatic rings. The number of aliphatic imine (C=N–C) groups is 1. The van der Waals surface area contributed by atoms with Crippen LogP contribution in [0.1, 0.15) is 37.7 Å². The zero-order valence-electron chi connectivity index (χ0n) is 16.3. The largest absolute Gasteiger partial charge is 0.416 e. The van der Waals surface area contributed by atoms with Gasteiger partial charge < -0.3 is 5.32 Å². The first-order chi connectivity index (χ1) is 12.8. The van der Waals surface area contributed by atoms with E-state index in [2.05, 4.69) is 25.6 Å². The van der Waals surface area contributed by atoms with Crippen molar-refractivity contribution in [3.63, 3.8) is 0 Å². The first-order valence-electron chi connectivity index (χ1n) is 8.51. The number of aromatic nitrogens is 2. The second kappa shape index (κ2) is 7.95. The molecule has 1 heterocycles. The number of benzene rings is 1. The fourth-order valence-corrected chi connectivity index (χ4v) is 2.15. The number of rotatable bonds is 2. The van der Waals surface area contributed by atoms with Gasteiger partial charge in [-0.2, -0.15) is 18.2 Å². The van der Waals surface area contributed by atoms with Crippen LogP contribution in [0, 0.1) is 19.3 Å². The third kappa shape index (κ3) is 6.04. The van der Waals surface area contributed by atoms with E-state index >= 15 is 0 Å². The van der Waals surface area contributed by atoms with E-state index in [-0.39, 0.29) is 23.5 Å². The predicted octanol–water partition coefficient (Wildman–Crippen LogP) is 4.37. The molecule has 150 valence electrons. The molecule has 0 fully saturated rings. The van der Waals surface area contributed by atoms with Crippen LogP contribution in [0.4, 0.5) is 24.8 Å². The number of amides is 1. The zero-order chi connectivity index (χ0) is 21.1. The molecule has 6 nitrogen and oxygen atoms in total. The van der Waals surface area contributed by atoms with Crippen LogP contribution >= 0.6 is 0 Å². The Kier molecular flexibility index (Phi) is 6.06. The van der Waals surface area contributed by atoms with Crippen LogP contribution in [0.15, 0.2) is 35.3 Å². The lowest BCUT2D eigenvalue weighted by molar-refractivity contribution is -0.137. The first kappa shape index (κ1) is 21.3. The Morgan fingerprint density at radius 3 is 2.18 bits per heavy atom. The molecule has 0 saturated heterocycles. The molecule has 0 spiro atoms. The minimum absolute atomic E-state index is 0.0655. The van der Waals surface area contributed by atoms with E-state index in [1.54, 1.807) is 40.7 Å². The summed E-state index contributed by atoms with van der Waals surface area (Å²) in [6.07, 6.45) is -4.49. The maximum atomic E-state index is 13.0. The van der Waals surface area contributed by atoms with Crippen molar-refractivity contribution in [2.45, 2.75) is 40.8 Å². The van der Waals surface area contributed by atoms with Crippen molar-refractivity contribution >= 4 is 23.5 Å². The van der Waals surface area contributed by atoms with Crippen molar-refractivity contribution in [1.29, 1.82) is 0 Å². The molecule has 0 aliphatic carbocycles. The van der Waals surface area contributed by atoms with Crippen molar-refractivity contribution in [1.82, 2.24) is 15.3 Å². The Bertz CT molecular complexity index is 881. The van der Waals surface area contributed by atoms with Gasteiger partial charge >= 0.3 is 6.18 Å². The number of nitrogens with zero attached hydrogens (tertiary/aromatic N) is 3. The van der Waals surface area contributed by atoms with Gasteiger partial charge in [-0.15, -0.1) is 0 Å². The number of alkyl halides is 3. The van der Waals surface area contributed by atoms with E-state index in [9.17, 15) is 18.0 Å². The third-order valence-electron chi connectivity index (χ3n) is 3.55. The van der Waals surface area contributed by atoms with Crippen molar-refractivity contribution in [3.8, 4) is 0 Å². The maximum Gasteiger partial charge on any atom is 0.416 e. The van der Waals surface area contributed by atoms with Crippen LogP contribution in [0.2, 0.25) is 0 Å². The number of hydrogen-bond donors (Lipinski definition) is 2. The molecule has 0 aliphatic heterocycles. The molecule has 28 heavy (non-hydrogen) atoms. The van der Waals surface area contributed by atoms with Gasteiger partial charge in [-0.1, -0.05) is 26.8 Å². The summed E-state index contributed by atoms with van der Waals surface area (Å²) in [4.78, 5) is 24.9. The molecular weight excluding hydrogens is 371 g/mol. The highest BCUT2D eigenvalue weighted by molar-refractivity contribution is 6.06.